The highest BCUT2D eigenvalue weighted by Gasteiger charge is 2.61. The summed E-state index contributed by atoms with van der Waals surface area (Å²) in [4.78, 5) is 4.55. The minimum absolute atomic E-state index is 0.202. The minimum Gasteiger partial charge on any atom is -0.384 e. The van der Waals surface area contributed by atoms with Gasteiger partial charge in [-0.2, -0.15) is 0 Å². The quantitative estimate of drug-likeness (QED) is 0.634. The number of hydrogen-bond acceptors (Lipinski definition) is 3. The van der Waals surface area contributed by atoms with Gasteiger partial charge in [0.1, 0.15) is 5.60 Å². The molecule has 8 atom stereocenters. The van der Waals surface area contributed by atoms with Gasteiger partial charge in [0.25, 0.3) is 0 Å². The molecule has 1 aromatic rings. The molecule has 0 aliphatic heterocycles. The predicted molar refractivity (Wildman–Crippen MR) is 120 cm³/mol. The van der Waals surface area contributed by atoms with Crippen molar-refractivity contribution in [3.05, 3.63) is 41.7 Å². The molecule has 0 unspecified atom stereocenters. The van der Waals surface area contributed by atoms with E-state index in [1.807, 2.05) is 38.4 Å². The number of methoxy groups -OCH3 is 1. The van der Waals surface area contributed by atoms with Gasteiger partial charge in [0.2, 0.25) is 0 Å². The number of pyridine rings is 1. The Morgan fingerprint density at radius 2 is 1.93 bits per heavy atom. The third kappa shape index (κ3) is 2.88. The topological polar surface area (TPSA) is 42.4 Å². The maximum Gasteiger partial charge on any atom is 0.107 e. The lowest BCUT2D eigenvalue weighted by Crippen LogP contribution is -2.52. The summed E-state index contributed by atoms with van der Waals surface area (Å²) in [5.41, 5.74) is 2.23. The number of ether oxygens (including phenoxy) is 1. The van der Waals surface area contributed by atoms with E-state index in [1.54, 1.807) is 5.57 Å². The van der Waals surface area contributed by atoms with Crippen LogP contribution in [0.15, 0.2) is 36.0 Å². The fourth-order valence-electron chi connectivity index (χ4n) is 8.59. The molecule has 3 saturated carbocycles. The van der Waals surface area contributed by atoms with Crippen molar-refractivity contribution in [3.8, 4) is 0 Å². The average molecular weight is 410 g/mol. The van der Waals surface area contributed by atoms with E-state index in [-0.39, 0.29) is 11.3 Å². The number of nitrogens with zero attached hydrogens (tertiary/aromatic N) is 1. The first kappa shape index (κ1) is 20.7. The van der Waals surface area contributed by atoms with Crippen molar-refractivity contribution in [1.82, 2.24) is 4.98 Å². The van der Waals surface area contributed by atoms with E-state index in [0.29, 0.717) is 17.4 Å². The Morgan fingerprint density at radius 1 is 1.10 bits per heavy atom. The molecule has 3 fully saturated rings. The summed E-state index contributed by atoms with van der Waals surface area (Å²) >= 11 is 0. The van der Waals surface area contributed by atoms with Gasteiger partial charge in [-0.1, -0.05) is 31.6 Å². The van der Waals surface area contributed by atoms with E-state index in [2.05, 4.69) is 24.9 Å². The fraction of sp³-hybridized carbons (Fsp3) is 0.741. The average Bonchev–Trinajstić information content (AvgIpc) is 3.12. The van der Waals surface area contributed by atoms with Crippen LogP contribution in [0.5, 0.6) is 0 Å². The van der Waals surface area contributed by atoms with E-state index < -0.39 is 5.60 Å². The molecule has 0 aromatic carbocycles. The van der Waals surface area contributed by atoms with E-state index >= 15 is 0 Å². The van der Waals surface area contributed by atoms with Gasteiger partial charge in [-0.25, -0.2) is 0 Å². The van der Waals surface area contributed by atoms with Gasteiger partial charge in [0.05, 0.1) is 11.8 Å². The Labute approximate surface area is 182 Å². The number of fused-ring (bicyclic) bond motifs is 5. The molecule has 1 N–H and O–H groups in total. The fourth-order valence-corrected chi connectivity index (χ4v) is 8.59. The Hall–Kier alpha value is -1.19. The van der Waals surface area contributed by atoms with Gasteiger partial charge >= 0.3 is 0 Å². The Bertz CT molecular complexity index is 817. The maximum absolute atomic E-state index is 11.7. The first-order valence-corrected chi connectivity index (χ1v) is 12.2. The van der Waals surface area contributed by atoms with Crippen LogP contribution >= 0.6 is 0 Å². The van der Waals surface area contributed by atoms with E-state index in [9.17, 15) is 5.11 Å². The van der Waals surface area contributed by atoms with Crippen LogP contribution in [0.2, 0.25) is 0 Å². The van der Waals surface area contributed by atoms with Crippen LogP contribution in [0.25, 0.3) is 0 Å². The van der Waals surface area contributed by atoms with E-state index in [1.165, 1.54) is 38.5 Å². The SMILES string of the molecule is CO[C@H]1CC[C@@]2(C)C(=CC[C@H]3[C@@H]4CC[C@H]([C@@](C)(O)c5ccccn5)[C@@]4(C)CC[C@@H]32)C1. The zero-order chi connectivity index (χ0) is 21.1. The largest absolute Gasteiger partial charge is 0.384 e. The smallest absolute Gasteiger partial charge is 0.107 e. The third-order valence-electron chi connectivity index (χ3n) is 10.3. The van der Waals surface area contributed by atoms with Crippen LogP contribution in [-0.4, -0.2) is 23.3 Å². The molecule has 3 heteroatoms. The molecule has 5 rings (SSSR count). The highest BCUT2D eigenvalue weighted by atomic mass is 16.5. The van der Waals surface area contributed by atoms with Crippen molar-refractivity contribution in [1.29, 1.82) is 0 Å². The van der Waals surface area contributed by atoms with Gasteiger partial charge in [-0.15, -0.1) is 0 Å². The third-order valence-corrected chi connectivity index (χ3v) is 10.3. The van der Waals surface area contributed by atoms with Crippen LogP contribution in [0.3, 0.4) is 0 Å². The Kier molecular flexibility index (Phi) is 4.95. The van der Waals surface area contributed by atoms with Crippen LogP contribution in [0.4, 0.5) is 0 Å². The van der Waals surface area contributed by atoms with Crippen LogP contribution < -0.4 is 0 Å². The summed E-state index contributed by atoms with van der Waals surface area (Å²) in [7, 11) is 1.87. The molecule has 0 spiro atoms. The van der Waals surface area contributed by atoms with Crippen LogP contribution in [0, 0.1) is 34.5 Å². The second kappa shape index (κ2) is 7.17. The molecule has 1 aromatic heterocycles. The molecular weight excluding hydrogens is 370 g/mol. The number of aliphatic hydroxyl groups is 1. The zero-order valence-corrected chi connectivity index (χ0v) is 19.2. The summed E-state index contributed by atoms with van der Waals surface area (Å²) < 4.78 is 5.73. The number of aromatic nitrogens is 1. The molecule has 4 aliphatic carbocycles. The molecule has 0 amide bonds. The first-order valence-electron chi connectivity index (χ1n) is 12.2. The molecule has 164 valence electrons. The molecular formula is C27H39NO2. The molecule has 1 heterocycles. The van der Waals surface area contributed by atoms with Crippen molar-refractivity contribution in [2.75, 3.05) is 7.11 Å². The lowest BCUT2D eigenvalue weighted by atomic mass is 9.46. The lowest BCUT2D eigenvalue weighted by Gasteiger charge is -2.59. The number of rotatable bonds is 3. The lowest BCUT2D eigenvalue weighted by molar-refractivity contribution is -0.107. The van der Waals surface area contributed by atoms with Crippen LogP contribution in [-0.2, 0) is 10.3 Å². The van der Waals surface area contributed by atoms with Crippen molar-refractivity contribution in [3.63, 3.8) is 0 Å². The number of allylic oxidation sites excluding steroid dienone is 1. The standard InChI is InChI=1S/C27H39NO2/c1-25-14-12-19(30-4)17-18(25)8-9-20-21-10-11-23(26(21,2)15-13-22(20)25)27(3,29)24-7-5-6-16-28-24/h5-8,16,19-23,29H,9-15,17H2,1-4H3/t19-,20-,21-,22-,23-,25-,26-,27+/m0/s1. The van der Waals surface area contributed by atoms with Gasteiger partial charge in [-0.3, -0.25) is 4.98 Å². The Morgan fingerprint density at radius 3 is 2.67 bits per heavy atom. The molecule has 4 aliphatic rings. The second-order valence-electron chi connectivity index (χ2n) is 11.4. The van der Waals surface area contributed by atoms with Crippen LogP contribution in [0.1, 0.15) is 77.8 Å². The highest BCUT2D eigenvalue weighted by molar-refractivity contribution is 5.26. The van der Waals surface area contributed by atoms with E-state index in [0.717, 1.165) is 30.4 Å². The van der Waals surface area contributed by atoms with Crippen molar-refractivity contribution < 1.29 is 9.84 Å². The predicted octanol–water partition coefficient (Wildman–Crippen LogP) is 5.88. The van der Waals surface area contributed by atoms with Gasteiger partial charge in [-0.05, 0) is 105 Å². The van der Waals surface area contributed by atoms with E-state index in [4.69, 9.17) is 4.74 Å². The zero-order valence-electron chi connectivity index (χ0n) is 19.2. The summed E-state index contributed by atoms with van der Waals surface area (Å²) in [6.45, 7) is 7.07. The van der Waals surface area contributed by atoms with Gasteiger partial charge in [0, 0.05) is 13.3 Å². The van der Waals surface area contributed by atoms with Crippen molar-refractivity contribution >= 4 is 0 Å². The monoisotopic (exact) mass is 409 g/mol. The highest BCUT2D eigenvalue weighted by Crippen LogP contribution is 2.68. The van der Waals surface area contributed by atoms with Gasteiger partial charge in [0.15, 0.2) is 0 Å². The Balaban J connectivity index is 1.44. The molecule has 3 nitrogen and oxygen atoms in total. The summed E-state index contributed by atoms with van der Waals surface area (Å²) in [6, 6.07) is 5.95. The molecule has 0 radical (unpaired) electrons. The molecule has 30 heavy (non-hydrogen) atoms. The van der Waals surface area contributed by atoms with Crippen molar-refractivity contribution in [2.24, 2.45) is 34.5 Å². The number of hydrogen-bond donors (Lipinski definition) is 1. The van der Waals surface area contributed by atoms with Gasteiger partial charge < -0.3 is 9.84 Å². The molecule has 0 saturated heterocycles. The normalized spacial score (nSPS) is 45.0. The first-order chi connectivity index (χ1) is 14.3. The second-order valence-corrected chi connectivity index (χ2v) is 11.4. The molecule has 0 bridgehead atoms. The van der Waals surface area contributed by atoms with Crippen molar-refractivity contribution in [2.45, 2.75) is 83.8 Å². The summed E-state index contributed by atoms with van der Waals surface area (Å²) in [5, 5.41) is 11.7. The summed E-state index contributed by atoms with van der Waals surface area (Å²) in [6.07, 6.45) is 14.6. The maximum atomic E-state index is 11.7. The minimum atomic E-state index is -0.853. The summed E-state index contributed by atoms with van der Waals surface area (Å²) in [5.74, 6) is 2.56.